The summed E-state index contributed by atoms with van der Waals surface area (Å²) in [5, 5.41) is 12.1. The average molecular weight is 299 g/mol. The molecule has 0 radical (unpaired) electrons. The van der Waals surface area contributed by atoms with E-state index < -0.39 is 6.04 Å². The van der Waals surface area contributed by atoms with Crippen LogP contribution in [0, 0.1) is 6.92 Å². The van der Waals surface area contributed by atoms with Gasteiger partial charge in [0.1, 0.15) is 6.04 Å². The molecule has 1 heterocycles. The van der Waals surface area contributed by atoms with Crippen LogP contribution in [0.25, 0.3) is 0 Å². The monoisotopic (exact) mass is 298 g/mol. The Hall–Kier alpha value is -0.910. The van der Waals surface area contributed by atoms with E-state index in [2.05, 4.69) is 21.2 Å². The van der Waals surface area contributed by atoms with E-state index in [0.29, 0.717) is 13.1 Å². The summed E-state index contributed by atoms with van der Waals surface area (Å²) in [5.74, 6) is -0.0656. The smallest absolute Gasteiger partial charge is 0.246 e. The van der Waals surface area contributed by atoms with Crippen LogP contribution in [0.3, 0.4) is 0 Å². The molecule has 0 aliphatic carbocycles. The second kappa shape index (κ2) is 5.16. The van der Waals surface area contributed by atoms with Gasteiger partial charge < -0.3 is 15.3 Å². The number of benzene rings is 1. The first-order chi connectivity index (χ1) is 8.13. The number of amides is 1. The number of aliphatic hydroxyl groups excluding tert-OH is 1. The predicted molar refractivity (Wildman–Crippen MR) is 70.1 cm³/mol. The maximum Gasteiger partial charge on any atom is 0.246 e. The molecule has 1 amide bonds. The summed E-state index contributed by atoms with van der Waals surface area (Å²) in [6, 6.07) is 5.35. The van der Waals surface area contributed by atoms with Crippen LogP contribution >= 0.6 is 15.9 Å². The van der Waals surface area contributed by atoms with Crippen molar-refractivity contribution in [2.45, 2.75) is 13.0 Å². The Kier molecular flexibility index (Phi) is 3.81. The van der Waals surface area contributed by atoms with E-state index in [9.17, 15) is 4.79 Å². The van der Waals surface area contributed by atoms with Crippen LogP contribution in [0.4, 0.5) is 5.69 Å². The molecule has 0 spiro atoms. The lowest BCUT2D eigenvalue weighted by Crippen LogP contribution is -2.56. The topological polar surface area (TPSA) is 52.6 Å². The molecule has 5 heteroatoms. The third-order valence-electron chi connectivity index (χ3n) is 2.92. The molecule has 17 heavy (non-hydrogen) atoms. The standard InChI is InChI=1S/C12H15BrN2O2/c1-8-6-9(13)2-3-11(8)15-5-4-14-10(7-16)12(15)17/h2-3,6,10,14,16H,4-5,7H2,1H3. The number of piperazine rings is 1. The van der Waals surface area contributed by atoms with Crippen molar-refractivity contribution in [3.8, 4) is 0 Å². The number of nitrogens with zero attached hydrogens (tertiary/aromatic N) is 1. The van der Waals surface area contributed by atoms with Crippen molar-refractivity contribution < 1.29 is 9.90 Å². The molecule has 92 valence electrons. The first-order valence-electron chi connectivity index (χ1n) is 5.55. The second-order valence-corrected chi connectivity index (χ2v) is 5.03. The van der Waals surface area contributed by atoms with Gasteiger partial charge in [-0.25, -0.2) is 0 Å². The van der Waals surface area contributed by atoms with Gasteiger partial charge in [-0.2, -0.15) is 0 Å². The summed E-state index contributed by atoms with van der Waals surface area (Å²) in [6.45, 7) is 3.15. The van der Waals surface area contributed by atoms with Crippen LogP contribution in [-0.2, 0) is 4.79 Å². The summed E-state index contributed by atoms with van der Waals surface area (Å²) in [5.41, 5.74) is 1.96. The molecule has 0 bridgehead atoms. The molecule has 0 aromatic heterocycles. The number of carbonyl (C=O) groups excluding carboxylic acids is 1. The molecule has 1 fully saturated rings. The van der Waals surface area contributed by atoms with E-state index in [1.165, 1.54) is 0 Å². The van der Waals surface area contributed by atoms with Crippen LogP contribution in [0.15, 0.2) is 22.7 Å². The van der Waals surface area contributed by atoms with Crippen molar-refractivity contribution in [2.75, 3.05) is 24.6 Å². The Morgan fingerprint density at radius 3 is 3.00 bits per heavy atom. The van der Waals surface area contributed by atoms with Crippen LogP contribution in [0.5, 0.6) is 0 Å². The number of aryl methyl sites for hydroxylation is 1. The molecule has 1 saturated heterocycles. The van der Waals surface area contributed by atoms with Gasteiger partial charge in [-0.3, -0.25) is 4.79 Å². The summed E-state index contributed by atoms with van der Waals surface area (Å²) in [7, 11) is 0. The Morgan fingerprint density at radius 2 is 2.35 bits per heavy atom. The number of carbonyl (C=O) groups is 1. The highest BCUT2D eigenvalue weighted by Gasteiger charge is 2.29. The number of hydrogen-bond donors (Lipinski definition) is 2. The number of aliphatic hydroxyl groups is 1. The summed E-state index contributed by atoms with van der Waals surface area (Å²) >= 11 is 3.41. The van der Waals surface area contributed by atoms with Gasteiger partial charge in [0.15, 0.2) is 0 Å². The van der Waals surface area contributed by atoms with E-state index in [1.807, 2.05) is 25.1 Å². The van der Waals surface area contributed by atoms with Crippen molar-refractivity contribution >= 4 is 27.5 Å². The minimum absolute atomic E-state index is 0.0656. The number of rotatable bonds is 2. The highest BCUT2D eigenvalue weighted by atomic mass is 79.9. The molecule has 0 saturated carbocycles. The first kappa shape index (κ1) is 12.5. The van der Waals surface area contributed by atoms with Crippen LogP contribution in [-0.4, -0.2) is 36.8 Å². The molecule has 1 aromatic carbocycles. The average Bonchev–Trinajstić information content (AvgIpc) is 2.30. The maximum atomic E-state index is 12.1. The van der Waals surface area contributed by atoms with Gasteiger partial charge >= 0.3 is 0 Å². The normalized spacial score (nSPS) is 20.8. The Balaban J connectivity index is 2.29. The lowest BCUT2D eigenvalue weighted by Gasteiger charge is -2.33. The number of halogens is 1. The zero-order chi connectivity index (χ0) is 12.4. The molecule has 1 aliphatic rings. The van der Waals surface area contributed by atoms with Crippen LogP contribution in [0.2, 0.25) is 0 Å². The molecule has 1 unspecified atom stereocenters. The Bertz CT molecular complexity index is 437. The molecule has 1 aliphatic heterocycles. The van der Waals surface area contributed by atoms with Gasteiger partial charge in [0.05, 0.1) is 6.61 Å². The number of anilines is 1. The van der Waals surface area contributed by atoms with Crippen molar-refractivity contribution in [2.24, 2.45) is 0 Å². The third kappa shape index (κ3) is 2.51. The Morgan fingerprint density at radius 1 is 1.59 bits per heavy atom. The van der Waals surface area contributed by atoms with Gasteiger partial charge in [0.2, 0.25) is 5.91 Å². The minimum Gasteiger partial charge on any atom is -0.394 e. The van der Waals surface area contributed by atoms with Gasteiger partial charge in [0.25, 0.3) is 0 Å². The fourth-order valence-corrected chi connectivity index (χ4v) is 2.52. The third-order valence-corrected chi connectivity index (χ3v) is 3.42. The predicted octanol–water partition coefficient (Wildman–Crippen LogP) is 1.05. The fourth-order valence-electron chi connectivity index (χ4n) is 2.04. The highest BCUT2D eigenvalue weighted by Crippen LogP contribution is 2.25. The summed E-state index contributed by atoms with van der Waals surface area (Å²) in [6.07, 6.45) is 0. The quantitative estimate of drug-likeness (QED) is 0.858. The molecule has 1 atom stereocenters. The SMILES string of the molecule is Cc1cc(Br)ccc1N1CCNC(CO)C1=O. The fraction of sp³-hybridized carbons (Fsp3) is 0.417. The number of hydrogen-bond acceptors (Lipinski definition) is 3. The van der Waals surface area contributed by atoms with E-state index in [1.54, 1.807) is 4.90 Å². The van der Waals surface area contributed by atoms with Gasteiger partial charge in [0, 0.05) is 23.2 Å². The van der Waals surface area contributed by atoms with Gasteiger partial charge in [-0.1, -0.05) is 15.9 Å². The zero-order valence-corrected chi connectivity index (χ0v) is 11.2. The molecule has 1 aromatic rings. The molecule has 2 N–H and O–H groups in total. The van der Waals surface area contributed by atoms with Crippen molar-refractivity contribution in [3.63, 3.8) is 0 Å². The Labute approximate surface area is 109 Å². The maximum absolute atomic E-state index is 12.1. The van der Waals surface area contributed by atoms with Crippen molar-refractivity contribution in [3.05, 3.63) is 28.2 Å². The minimum atomic E-state index is -0.480. The summed E-state index contributed by atoms with van der Waals surface area (Å²) in [4.78, 5) is 13.8. The lowest BCUT2D eigenvalue weighted by molar-refractivity contribution is -0.122. The number of nitrogens with one attached hydrogen (secondary N) is 1. The molecule has 4 nitrogen and oxygen atoms in total. The van der Waals surface area contributed by atoms with E-state index in [4.69, 9.17) is 5.11 Å². The van der Waals surface area contributed by atoms with Gasteiger partial charge in [-0.15, -0.1) is 0 Å². The van der Waals surface area contributed by atoms with E-state index >= 15 is 0 Å². The molecular formula is C12H15BrN2O2. The van der Waals surface area contributed by atoms with Crippen LogP contribution < -0.4 is 10.2 Å². The van der Waals surface area contributed by atoms with Crippen LogP contribution in [0.1, 0.15) is 5.56 Å². The lowest BCUT2D eigenvalue weighted by atomic mass is 10.1. The van der Waals surface area contributed by atoms with Crippen molar-refractivity contribution in [1.29, 1.82) is 0 Å². The molecular weight excluding hydrogens is 284 g/mol. The first-order valence-corrected chi connectivity index (χ1v) is 6.34. The largest absolute Gasteiger partial charge is 0.394 e. The van der Waals surface area contributed by atoms with E-state index in [0.717, 1.165) is 15.7 Å². The molecule has 2 rings (SSSR count). The highest BCUT2D eigenvalue weighted by molar-refractivity contribution is 9.10. The summed E-state index contributed by atoms with van der Waals surface area (Å²) < 4.78 is 1.00. The zero-order valence-electron chi connectivity index (χ0n) is 9.61. The van der Waals surface area contributed by atoms with Crippen molar-refractivity contribution in [1.82, 2.24) is 5.32 Å². The van der Waals surface area contributed by atoms with Gasteiger partial charge in [-0.05, 0) is 30.7 Å². The second-order valence-electron chi connectivity index (χ2n) is 4.11. The van der Waals surface area contributed by atoms with E-state index in [-0.39, 0.29) is 12.5 Å².